The summed E-state index contributed by atoms with van der Waals surface area (Å²) in [4.78, 5) is 2.32. The summed E-state index contributed by atoms with van der Waals surface area (Å²) in [6, 6.07) is 7.02. The minimum atomic E-state index is -0.229. The van der Waals surface area contributed by atoms with E-state index < -0.39 is 0 Å². The maximum absolute atomic E-state index is 14.3. The zero-order valence-electron chi connectivity index (χ0n) is 11.0. The molecule has 2 heterocycles. The summed E-state index contributed by atoms with van der Waals surface area (Å²) >= 11 is 7.52. The van der Waals surface area contributed by atoms with Gasteiger partial charge in [-0.25, -0.2) is 4.39 Å². The second-order valence-electron chi connectivity index (χ2n) is 4.91. The van der Waals surface area contributed by atoms with Gasteiger partial charge in [0.1, 0.15) is 5.82 Å². The van der Waals surface area contributed by atoms with E-state index in [0.29, 0.717) is 10.6 Å². The van der Waals surface area contributed by atoms with Crippen molar-refractivity contribution < 1.29 is 4.39 Å². The normalized spacial score (nSPS) is 18.1. The molecule has 1 aliphatic rings. The Hall–Kier alpha value is -0.940. The molecule has 0 saturated carbocycles. The molecule has 1 fully saturated rings. The lowest BCUT2D eigenvalue weighted by Gasteiger charge is -2.35. The molecule has 2 aromatic rings. The van der Waals surface area contributed by atoms with Crippen molar-refractivity contribution in [1.82, 2.24) is 10.2 Å². The van der Waals surface area contributed by atoms with Gasteiger partial charge in [0.2, 0.25) is 0 Å². The van der Waals surface area contributed by atoms with Crippen LogP contribution in [0.4, 0.5) is 4.39 Å². The first-order chi connectivity index (χ1) is 9.75. The van der Waals surface area contributed by atoms with Crippen LogP contribution < -0.4 is 5.32 Å². The third-order valence-corrected chi connectivity index (χ3v) is 4.57. The monoisotopic (exact) mass is 310 g/mol. The van der Waals surface area contributed by atoms with E-state index in [0.717, 1.165) is 31.7 Å². The first kappa shape index (κ1) is 14.0. The standard InChI is InChI=1S/C15H16ClFN2S/c16-12-1-2-13(14(17)9-12)15(11-3-8-20-10-11)19-6-4-18-5-7-19/h1-3,8-10,15,18H,4-7H2/t15-/m0/s1. The second-order valence-corrected chi connectivity index (χ2v) is 6.13. The van der Waals surface area contributed by atoms with Gasteiger partial charge in [0.15, 0.2) is 0 Å². The number of piperazine rings is 1. The van der Waals surface area contributed by atoms with E-state index in [1.54, 1.807) is 17.4 Å². The maximum atomic E-state index is 14.3. The van der Waals surface area contributed by atoms with Gasteiger partial charge in [-0.3, -0.25) is 4.90 Å². The van der Waals surface area contributed by atoms with Gasteiger partial charge in [-0.2, -0.15) is 11.3 Å². The van der Waals surface area contributed by atoms with Gasteiger partial charge in [-0.1, -0.05) is 17.7 Å². The molecule has 1 aliphatic heterocycles. The smallest absolute Gasteiger partial charge is 0.129 e. The van der Waals surface area contributed by atoms with E-state index in [2.05, 4.69) is 21.7 Å². The van der Waals surface area contributed by atoms with Crippen LogP contribution in [0.5, 0.6) is 0 Å². The summed E-state index contributed by atoms with van der Waals surface area (Å²) in [7, 11) is 0. The van der Waals surface area contributed by atoms with Crippen LogP contribution in [0.15, 0.2) is 35.0 Å². The highest BCUT2D eigenvalue weighted by Crippen LogP contribution is 2.32. The average Bonchev–Trinajstić information content (AvgIpc) is 2.97. The van der Waals surface area contributed by atoms with E-state index >= 15 is 0 Å². The van der Waals surface area contributed by atoms with E-state index in [1.807, 2.05) is 11.4 Å². The number of rotatable bonds is 3. The summed E-state index contributed by atoms with van der Waals surface area (Å²) in [6.07, 6.45) is 0. The average molecular weight is 311 g/mol. The molecule has 0 bridgehead atoms. The molecule has 5 heteroatoms. The lowest BCUT2D eigenvalue weighted by atomic mass is 9.98. The van der Waals surface area contributed by atoms with Crippen LogP contribution in [0.25, 0.3) is 0 Å². The molecule has 20 heavy (non-hydrogen) atoms. The van der Waals surface area contributed by atoms with E-state index in [4.69, 9.17) is 11.6 Å². The van der Waals surface area contributed by atoms with Crippen LogP contribution in [-0.4, -0.2) is 31.1 Å². The molecule has 1 aromatic heterocycles. The van der Waals surface area contributed by atoms with Gasteiger partial charge in [0.05, 0.1) is 6.04 Å². The van der Waals surface area contributed by atoms with Gasteiger partial charge in [0.25, 0.3) is 0 Å². The quantitative estimate of drug-likeness (QED) is 0.933. The first-order valence-electron chi connectivity index (χ1n) is 6.67. The van der Waals surface area contributed by atoms with Crippen LogP contribution in [0, 0.1) is 5.82 Å². The predicted octanol–water partition coefficient (Wildman–Crippen LogP) is 3.54. The van der Waals surface area contributed by atoms with E-state index in [1.165, 1.54) is 6.07 Å². The number of nitrogens with one attached hydrogen (secondary N) is 1. The summed E-state index contributed by atoms with van der Waals surface area (Å²) in [5.41, 5.74) is 1.85. The Balaban J connectivity index is 2.00. The van der Waals surface area contributed by atoms with Crippen molar-refractivity contribution >= 4 is 22.9 Å². The van der Waals surface area contributed by atoms with Crippen molar-refractivity contribution in [2.75, 3.05) is 26.2 Å². The lowest BCUT2D eigenvalue weighted by Crippen LogP contribution is -2.45. The van der Waals surface area contributed by atoms with E-state index in [9.17, 15) is 4.39 Å². The molecular formula is C15H16ClFN2S. The number of nitrogens with zero attached hydrogens (tertiary/aromatic N) is 1. The Morgan fingerprint density at radius 1 is 1.25 bits per heavy atom. The fourth-order valence-corrected chi connectivity index (χ4v) is 3.52. The zero-order chi connectivity index (χ0) is 13.9. The Morgan fingerprint density at radius 3 is 2.70 bits per heavy atom. The highest BCUT2D eigenvalue weighted by molar-refractivity contribution is 7.08. The Kier molecular flexibility index (Phi) is 4.36. The zero-order valence-corrected chi connectivity index (χ0v) is 12.6. The minimum absolute atomic E-state index is 0.0272. The van der Waals surface area contributed by atoms with Crippen LogP contribution >= 0.6 is 22.9 Å². The fraction of sp³-hybridized carbons (Fsp3) is 0.333. The molecule has 0 amide bonds. The van der Waals surface area contributed by atoms with Gasteiger partial charge in [-0.15, -0.1) is 0 Å². The highest BCUT2D eigenvalue weighted by Gasteiger charge is 2.26. The topological polar surface area (TPSA) is 15.3 Å². The molecule has 1 N–H and O–H groups in total. The number of thiophene rings is 1. The van der Waals surface area contributed by atoms with Gasteiger partial charge in [-0.05, 0) is 34.5 Å². The predicted molar refractivity (Wildman–Crippen MR) is 82.0 cm³/mol. The number of halogens is 2. The molecule has 3 rings (SSSR count). The van der Waals surface area contributed by atoms with Crippen molar-refractivity contribution in [2.45, 2.75) is 6.04 Å². The summed E-state index contributed by atoms with van der Waals surface area (Å²) in [5, 5.41) is 7.91. The first-order valence-corrected chi connectivity index (χ1v) is 7.99. The summed E-state index contributed by atoms with van der Waals surface area (Å²) in [6.45, 7) is 3.72. The van der Waals surface area contributed by atoms with Crippen molar-refractivity contribution in [2.24, 2.45) is 0 Å². The minimum Gasteiger partial charge on any atom is -0.314 e. The second kappa shape index (κ2) is 6.22. The van der Waals surface area contributed by atoms with Gasteiger partial charge in [0, 0.05) is 36.8 Å². The molecular weight excluding hydrogens is 295 g/mol. The Bertz CT molecular complexity index is 567. The third kappa shape index (κ3) is 2.88. The molecule has 0 spiro atoms. The van der Waals surface area contributed by atoms with E-state index in [-0.39, 0.29) is 11.9 Å². The molecule has 0 radical (unpaired) electrons. The molecule has 0 aliphatic carbocycles. The SMILES string of the molecule is Fc1cc(Cl)ccc1[C@H](c1ccsc1)N1CCNCC1. The summed E-state index contributed by atoms with van der Waals surface area (Å²) < 4.78 is 14.3. The van der Waals surface area contributed by atoms with Crippen molar-refractivity contribution in [3.05, 3.63) is 57.0 Å². The molecule has 1 saturated heterocycles. The Morgan fingerprint density at radius 2 is 2.05 bits per heavy atom. The highest BCUT2D eigenvalue weighted by atomic mass is 35.5. The van der Waals surface area contributed by atoms with Crippen molar-refractivity contribution in [3.63, 3.8) is 0 Å². The molecule has 106 valence electrons. The number of benzene rings is 1. The van der Waals surface area contributed by atoms with Crippen LogP contribution in [-0.2, 0) is 0 Å². The number of hydrogen-bond donors (Lipinski definition) is 1. The molecule has 2 nitrogen and oxygen atoms in total. The van der Waals surface area contributed by atoms with Gasteiger partial charge >= 0.3 is 0 Å². The third-order valence-electron chi connectivity index (χ3n) is 3.63. The van der Waals surface area contributed by atoms with Crippen LogP contribution in [0.2, 0.25) is 5.02 Å². The molecule has 1 aromatic carbocycles. The fourth-order valence-electron chi connectivity index (χ4n) is 2.68. The molecule has 1 atom stereocenters. The van der Waals surface area contributed by atoms with Crippen LogP contribution in [0.1, 0.15) is 17.2 Å². The van der Waals surface area contributed by atoms with Crippen LogP contribution in [0.3, 0.4) is 0 Å². The number of hydrogen-bond acceptors (Lipinski definition) is 3. The Labute approximate surface area is 127 Å². The van der Waals surface area contributed by atoms with Crippen molar-refractivity contribution in [3.8, 4) is 0 Å². The molecule has 0 unspecified atom stereocenters. The summed E-state index contributed by atoms with van der Waals surface area (Å²) in [5.74, 6) is -0.229. The largest absolute Gasteiger partial charge is 0.314 e. The maximum Gasteiger partial charge on any atom is 0.129 e. The van der Waals surface area contributed by atoms with Crippen molar-refractivity contribution in [1.29, 1.82) is 0 Å². The van der Waals surface area contributed by atoms with Gasteiger partial charge < -0.3 is 5.32 Å². The lowest BCUT2D eigenvalue weighted by molar-refractivity contribution is 0.195.